The van der Waals surface area contributed by atoms with Gasteiger partial charge in [0.25, 0.3) is 0 Å². The largest absolute Gasteiger partial charge is 0.392 e. The van der Waals surface area contributed by atoms with Gasteiger partial charge in [0.1, 0.15) is 0 Å². The van der Waals surface area contributed by atoms with E-state index in [9.17, 15) is 4.79 Å². The lowest BCUT2D eigenvalue weighted by molar-refractivity contribution is 0.215. The van der Waals surface area contributed by atoms with Crippen molar-refractivity contribution in [1.29, 1.82) is 0 Å². The fourth-order valence-corrected chi connectivity index (χ4v) is 1.63. The van der Waals surface area contributed by atoms with Gasteiger partial charge in [-0.2, -0.15) is 0 Å². The highest BCUT2D eigenvalue weighted by Crippen LogP contribution is 2.09. The number of rotatable bonds is 3. The van der Waals surface area contributed by atoms with Crippen molar-refractivity contribution in [1.82, 2.24) is 10.2 Å². The zero-order valence-electron chi connectivity index (χ0n) is 8.44. The maximum Gasteiger partial charge on any atom is 0.317 e. The molecule has 1 fully saturated rings. The maximum atomic E-state index is 11.3. The van der Waals surface area contributed by atoms with Gasteiger partial charge in [0.2, 0.25) is 0 Å². The number of aliphatic hydroxyl groups excluding tert-OH is 1. The topological polar surface area (TPSA) is 52.6 Å². The van der Waals surface area contributed by atoms with E-state index in [4.69, 9.17) is 5.11 Å². The summed E-state index contributed by atoms with van der Waals surface area (Å²) in [7, 11) is 0. The molecule has 1 aliphatic heterocycles. The second kappa shape index (κ2) is 4.31. The first-order valence-corrected chi connectivity index (χ1v) is 5.01. The number of nitrogens with one attached hydrogen (secondary N) is 1. The van der Waals surface area contributed by atoms with Crippen molar-refractivity contribution < 1.29 is 9.90 Å². The number of amides is 2. The van der Waals surface area contributed by atoms with E-state index in [1.807, 2.05) is 24.3 Å². The Hall–Kier alpha value is -1.55. The Kier molecular flexibility index (Phi) is 2.87. The Morgan fingerprint density at radius 1 is 1.27 bits per heavy atom. The first-order chi connectivity index (χ1) is 7.29. The van der Waals surface area contributed by atoms with Crippen molar-refractivity contribution in [2.45, 2.75) is 13.2 Å². The number of hydrogen-bond acceptors (Lipinski definition) is 2. The molecule has 1 aromatic carbocycles. The van der Waals surface area contributed by atoms with Crippen LogP contribution in [0.5, 0.6) is 0 Å². The molecule has 1 heterocycles. The predicted molar refractivity (Wildman–Crippen MR) is 56.2 cm³/mol. The molecule has 4 nitrogen and oxygen atoms in total. The smallest absolute Gasteiger partial charge is 0.317 e. The molecular formula is C11H14N2O2. The van der Waals surface area contributed by atoms with E-state index in [0.717, 1.165) is 24.2 Å². The molecular weight excluding hydrogens is 192 g/mol. The standard InChI is InChI=1S/C11H14N2O2/c14-8-10-3-1-9(2-4-10)7-13-6-5-12-11(13)15/h1-4,14H,5-8H2,(H,12,15). The first kappa shape index (κ1) is 9.98. The highest BCUT2D eigenvalue weighted by molar-refractivity contribution is 5.76. The molecule has 1 saturated heterocycles. The van der Waals surface area contributed by atoms with Crippen molar-refractivity contribution in [3.8, 4) is 0 Å². The SMILES string of the molecule is O=C1NCCN1Cc1ccc(CO)cc1. The van der Waals surface area contributed by atoms with Crippen molar-refractivity contribution in [2.75, 3.05) is 13.1 Å². The van der Waals surface area contributed by atoms with Crippen molar-refractivity contribution in [2.24, 2.45) is 0 Å². The second-order valence-corrected chi connectivity index (χ2v) is 3.63. The summed E-state index contributed by atoms with van der Waals surface area (Å²) in [5.41, 5.74) is 1.98. The molecule has 1 aliphatic rings. The van der Waals surface area contributed by atoms with Crippen LogP contribution >= 0.6 is 0 Å². The van der Waals surface area contributed by atoms with E-state index in [1.165, 1.54) is 0 Å². The van der Waals surface area contributed by atoms with Crippen LogP contribution in [0.2, 0.25) is 0 Å². The van der Waals surface area contributed by atoms with Crippen LogP contribution < -0.4 is 5.32 Å². The fraction of sp³-hybridized carbons (Fsp3) is 0.364. The van der Waals surface area contributed by atoms with Gasteiger partial charge in [-0.15, -0.1) is 0 Å². The van der Waals surface area contributed by atoms with Crippen LogP contribution in [0.3, 0.4) is 0 Å². The van der Waals surface area contributed by atoms with Gasteiger partial charge in [-0.3, -0.25) is 0 Å². The minimum Gasteiger partial charge on any atom is -0.392 e. The van der Waals surface area contributed by atoms with Crippen molar-refractivity contribution >= 4 is 6.03 Å². The lowest BCUT2D eigenvalue weighted by Crippen LogP contribution is -2.27. The van der Waals surface area contributed by atoms with E-state index in [1.54, 1.807) is 4.90 Å². The third kappa shape index (κ3) is 2.27. The number of urea groups is 1. The molecule has 0 atom stereocenters. The van der Waals surface area contributed by atoms with E-state index < -0.39 is 0 Å². The van der Waals surface area contributed by atoms with Gasteiger partial charge in [-0.25, -0.2) is 4.79 Å². The molecule has 80 valence electrons. The van der Waals surface area contributed by atoms with Gasteiger partial charge in [0.15, 0.2) is 0 Å². The van der Waals surface area contributed by atoms with Gasteiger partial charge >= 0.3 is 6.03 Å². The first-order valence-electron chi connectivity index (χ1n) is 5.01. The van der Waals surface area contributed by atoms with Crippen LogP contribution in [0.4, 0.5) is 4.79 Å². The summed E-state index contributed by atoms with van der Waals surface area (Å²) < 4.78 is 0. The molecule has 2 rings (SSSR count). The molecule has 0 spiro atoms. The highest BCUT2D eigenvalue weighted by atomic mass is 16.3. The summed E-state index contributed by atoms with van der Waals surface area (Å²) in [4.78, 5) is 13.0. The Morgan fingerprint density at radius 2 is 1.93 bits per heavy atom. The lowest BCUT2D eigenvalue weighted by atomic mass is 10.1. The Labute approximate surface area is 88.5 Å². The average Bonchev–Trinajstić information content (AvgIpc) is 2.66. The van der Waals surface area contributed by atoms with Gasteiger partial charge in [-0.05, 0) is 11.1 Å². The van der Waals surface area contributed by atoms with Crippen LogP contribution in [0, 0.1) is 0 Å². The number of carbonyl (C=O) groups excluding carboxylic acids is 1. The molecule has 0 aliphatic carbocycles. The predicted octanol–water partition coefficient (Wildman–Crippen LogP) is 0.704. The van der Waals surface area contributed by atoms with Gasteiger partial charge in [0, 0.05) is 19.6 Å². The van der Waals surface area contributed by atoms with E-state index in [-0.39, 0.29) is 12.6 Å². The molecule has 2 N–H and O–H groups in total. The van der Waals surface area contributed by atoms with E-state index in [2.05, 4.69) is 5.32 Å². The molecule has 0 saturated carbocycles. The number of aliphatic hydroxyl groups is 1. The summed E-state index contributed by atoms with van der Waals surface area (Å²) in [6, 6.07) is 7.64. The van der Waals surface area contributed by atoms with Crippen molar-refractivity contribution in [3.63, 3.8) is 0 Å². The maximum absolute atomic E-state index is 11.3. The lowest BCUT2D eigenvalue weighted by Gasteiger charge is -2.13. The number of nitrogens with zero attached hydrogens (tertiary/aromatic N) is 1. The van der Waals surface area contributed by atoms with Crippen LogP contribution in [-0.4, -0.2) is 29.1 Å². The van der Waals surface area contributed by atoms with Gasteiger partial charge in [-0.1, -0.05) is 24.3 Å². The van der Waals surface area contributed by atoms with E-state index >= 15 is 0 Å². The Morgan fingerprint density at radius 3 is 2.47 bits per heavy atom. The molecule has 0 aromatic heterocycles. The zero-order valence-corrected chi connectivity index (χ0v) is 8.44. The molecule has 2 amide bonds. The number of carbonyl (C=O) groups is 1. The summed E-state index contributed by atoms with van der Waals surface area (Å²) in [5.74, 6) is 0. The summed E-state index contributed by atoms with van der Waals surface area (Å²) in [5, 5.41) is 11.6. The quantitative estimate of drug-likeness (QED) is 0.765. The molecule has 1 aromatic rings. The monoisotopic (exact) mass is 206 g/mol. The fourth-order valence-electron chi connectivity index (χ4n) is 1.63. The minimum absolute atomic E-state index is 0.00114. The molecule has 0 bridgehead atoms. The van der Waals surface area contributed by atoms with Crippen LogP contribution in [0.25, 0.3) is 0 Å². The third-order valence-electron chi connectivity index (χ3n) is 2.52. The molecule has 0 unspecified atom stereocenters. The van der Waals surface area contributed by atoms with E-state index in [0.29, 0.717) is 6.54 Å². The Bertz CT molecular complexity index is 348. The second-order valence-electron chi connectivity index (χ2n) is 3.63. The average molecular weight is 206 g/mol. The summed E-state index contributed by atoms with van der Waals surface area (Å²) in [6.07, 6.45) is 0. The normalized spacial score (nSPS) is 15.5. The summed E-state index contributed by atoms with van der Waals surface area (Å²) >= 11 is 0. The van der Waals surface area contributed by atoms with Gasteiger partial charge < -0.3 is 15.3 Å². The molecule has 4 heteroatoms. The van der Waals surface area contributed by atoms with Crippen LogP contribution in [0.1, 0.15) is 11.1 Å². The minimum atomic E-state index is 0.00114. The number of benzene rings is 1. The summed E-state index contributed by atoms with van der Waals surface area (Å²) in [6.45, 7) is 2.19. The highest BCUT2D eigenvalue weighted by Gasteiger charge is 2.18. The van der Waals surface area contributed by atoms with Crippen molar-refractivity contribution in [3.05, 3.63) is 35.4 Å². The Balaban J connectivity index is 2.01. The molecule has 15 heavy (non-hydrogen) atoms. The van der Waals surface area contributed by atoms with Crippen LogP contribution in [-0.2, 0) is 13.2 Å². The number of hydrogen-bond donors (Lipinski definition) is 2. The molecule has 0 radical (unpaired) electrons. The van der Waals surface area contributed by atoms with Crippen LogP contribution in [0.15, 0.2) is 24.3 Å². The third-order valence-corrected chi connectivity index (χ3v) is 2.52. The van der Waals surface area contributed by atoms with Gasteiger partial charge in [0.05, 0.1) is 6.61 Å². The zero-order chi connectivity index (χ0) is 10.7.